The van der Waals surface area contributed by atoms with Crippen LogP contribution in [0.25, 0.3) is 6.08 Å². The molecule has 0 fully saturated rings. The first-order valence-electron chi connectivity index (χ1n) is 7.29. The van der Waals surface area contributed by atoms with Crippen molar-refractivity contribution in [1.29, 1.82) is 0 Å². The summed E-state index contributed by atoms with van der Waals surface area (Å²) >= 11 is 11.9. The van der Waals surface area contributed by atoms with E-state index in [1.54, 1.807) is 24.3 Å². The summed E-state index contributed by atoms with van der Waals surface area (Å²) in [5.74, 6) is 0.659. The summed E-state index contributed by atoms with van der Waals surface area (Å²) in [6.45, 7) is 0.592. The lowest BCUT2D eigenvalue weighted by Crippen LogP contribution is -2.30. The van der Waals surface area contributed by atoms with Crippen molar-refractivity contribution in [2.75, 3.05) is 6.61 Å². The number of carbonyl (C=O) groups is 1. The Morgan fingerprint density at radius 3 is 2.87 bits per heavy atom. The molecule has 1 atom stereocenters. The Hall–Kier alpha value is -1.97. The van der Waals surface area contributed by atoms with Gasteiger partial charge in [0.15, 0.2) is 0 Å². The Labute approximate surface area is 144 Å². The third-order valence-corrected chi connectivity index (χ3v) is 4.21. The topological polar surface area (TPSA) is 38.3 Å². The Morgan fingerprint density at radius 2 is 2.04 bits per heavy atom. The molecule has 23 heavy (non-hydrogen) atoms. The Bertz CT molecular complexity index is 758. The third kappa shape index (κ3) is 3.87. The van der Waals surface area contributed by atoms with Gasteiger partial charge >= 0.3 is 0 Å². The minimum Gasteiger partial charge on any atom is -0.493 e. The van der Waals surface area contributed by atoms with Crippen molar-refractivity contribution in [3.63, 3.8) is 0 Å². The molecule has 0 aromatic heterocycles. The molecule has 1 amide bonds. The van der Waals surface area contributed by atoms with E-state index >= 15 is 0 Å². The summed E-state index contributed by atoms with van der Waals surface area (Å²) in [7, 11) is 0. The van der Waals surface area contributed by atoms with Gasteiger partial charge in [0.1, 0.15) is 5.75 Å². The lowest BCUT2D eigenvalue weighted by atomic mass is 10.0. The van der Waals surface area contributed by atoms with Gasteiger partial charge in [-0.2, -0.15) is 0 Å². The molecular weight excluding hydrogens is 333 g/mol. The maximum Gasteiger partial charge on any atom is 0.244 e. The van der Waals surface area contributed by atoms with Crippen molar-refractivity contribution in [2.24, 2.45) is 0 Å². The zero-order valence-electron chi connectivity index (χ0n) is 12.3. The van der Waals surface area contributed by atoms with Crippen molar-refractivity contribution in [1.82, 2.24) is 5.32 Å². The van der Waals surface area contributed by atoms with E-state index in [0.717, 1.165) is 23.3 Å². The molecule has 0 spiro atoms. The number of amides is 1. The Kier molecular flexibility index (Phi) is 4.89. The summed E-state index contributed by atoms with van der Waals surface area (Å²) in [6, 6.07) is 12.9. The number of nitrogens with one attached hydrogen (secondary N) is 1. The summed E-state index contributed by atoms with van der Waals surface area (Å²) in [5.41, 5.74) is 1.75. The fourth-order valence-electron chi connectivity index (χ4n) is 2.51. The van der Waals surface area contributed by atoms with Crippen LogP contribution in [0, 0.1) is 0 Å². The van der Waals surface area contributed by atoms with Crippen LogP contribution in [-0.2, 0) is 4.79 Å². The van der Waals surface area contributed by atoms with E-state index < -0.39 is 0 Å². The van der Waals surface area contributed by atoms with Crippen molar-refractivity contribution in [2.45, 2.75) is 12.5 Å². The molecule has 3 nitrogen and oxygen atoms in total. The van der Waals surface area contributed by atoms with Gasteiger partial charge in [-0.15, -0.1) is 0 Å². The molecule has 0 bridgehead atoms. The number of carbonyl (C=O) groups excluding carboxylic acids is 1. The molecule has 2 aromatic carbocycles. The molecule has 1 aliphatic rings. The molecule has 5 heteroatoms. The standard InChI is InChI=1S/C18H15Cl2NO2/c19-13-7-5-12(15(20)11-13)6-8-18(22)21-16-9-10-23-17-4-2-1-3-14(16)17/h1-8,11,16H,9-10H2,(H,21,22)/b8-6+/t16-/m1/s1. The van der Waals surface area contributed by atoms with E-state index in [0.29, 0.717) is 16.7 Å². The fourth-order valence-corrected chi connectivity index (χ4v) is 2.99. The van der Waals surface area contributed by atoms with Gasteiger partial charge in [0, 0.05) is 28.1 Å². The largest absolute Gasteiger partial charge is 0.493 e. The highest BCUT2D eigenvalue weighted by Crippen LogP contribution is 2.31. The van der Waals surface area contributed by atoms with Crippen molar-refractivity contribution in [3.05, 3.63) is 69.7 Å². The quantitative estimate of drug-likeness (QED) is 0.821. The van der Waals surface area contributed by atoms with E-state index in [1.165, 1.54) is 6.08 Å². The molecule has 118 valence electrons. The molecule has 0 unspecified atom stereocenters. The number of hydrogen-bond acceptors (Lipinski definition) is 2. The zero-order chi connectivity index (χ0) is 16.2. The second-order valence-electron chi connectivity index (χ2n) is 5.24. The first-order chi connectivity index (χ1) is 11.1. The molecule has 1 aliphatic heterocycles. The predicted molar refractivity (Wildman–Crippen MR) is 92.9 cm³/mol. The summed E-state index contributed by atoms with van der Waals surface area (Å²) < 4.78 is 5.59. The van der Waals surface area contributed by atoms with E-state index in [1.807, 2.05) is 24.3 Å². The van der Waals surface area contributed by atoms with Crippen molar-refractivity contribution < 1.29 is 9.53 Å². The number of halogens is 2. The maximum atomic E-state index is 12.2. The highest BCUT2D eigenvalue weighted by atomic mass is 35.5. The molecule has 2 aromatic rings. The smallest absolute Gasteiger partial charge is 0.244 e. The minimum absolute atomic E-state index is 0.0437. The molecule has 1 heterocycles. The van der Waals surface area contributed by atoms with Crippen LogP contribution in [0.5, 0.6) is 5.75 Å². The molecule has 3 rings (SSSR count). The Morgan fingerprint density at radius 1 is 1.22 bits per heavy atom. The molecule has 0 saturated carbocycles. The first kappa shape index (κ1) is 15.9. The van der Waals surface area contributed by atoms with Crippen molar-refractivity contribution in [3.8, 4) is 5.75 Å². The molecule has 1 N–H and O–H groups in total. The first-order valence-corrected chi connectivity index (χ1v) is 8.04. The van der Waals surface area contributed by atoms with E-state index in [2.05, 4.69) is 5.32 Å². The van der Waals surface area contributed by atoms with Gasteiger partial charge in [0.25, 0.3) is 0 Å². The lowest BCUT2D eigenvalue weighted by Gasteiger charge is -2.26. The van der Waals surface area contributed by atoms with Crippen LogP contribution in [0.4, 0.5) is 0 Å². The SMILES string of the molecule is O=C(/C=C/c1ccc(Cl)cc1Cl)N[C@@H]1CCOc2ccccc21. The number of hydrogen-bond donors (Lipinski definition) is 1. The molecular formula is C18H15Cl2NO2. The van der Waals surface area contributed by atoms with Crippen LogP contribution in [-0.4, -0.2) is 12.5 Å². The third-order valence-electron chi connectivity index (χ3n) is 3.65. The molecule has 0 radical (unpaired) electrons. The zero-order valence-corrected chi connectivity index (χ0v) is 13.8. The number of para-hydroxylation sites is 1. The van der Waals surface area contributed by atoms with Crippen LogP contribution in [0.2, 0.25) is 10.0 Å². The monoisotopic (exact) mass is 347 g/mol. The average molecular weight is 348 g/mol. The van der Waals surface area contributed by atoms with Gasteiger partial charge in [0.05, 0.1) is 12.6 Å². The van der Waals surface area contributed by atoms with Gasteiger partial charge in [-0.05, 0) is 29.8 Å². The second kappa shape index (κ2) is 7.07. The van der Waals surface area contributed by atoms with Crippen molar-refractivity contribution >= 4 is 35.2 Å². The maximum absolute atomic E-state index is 12.2. The summed E-state index contributed by atoms with van der Waals surface area (Å²) in [4.78, 5) is 12.2. The van der Waals surface area contributed by atoms with Crippen LogP contribution >= 0.6 is 23.2 Å². The second-order valence-corrected chi connectivity index (χ2v) is 6.08. The molecule has 0 aliphatic carbocycles. The average Bonchev–Trinajstić information content (AvgIpc) is 2.54. The van der Waals surface area contributed by atoms with Crippen LogP contribution < -0.4 is 10.1 Å². The van der Waals surface area contributed by atoms with Crippen LogP contribution in [0.1, 0.15) is 23.6 Å². The van der Waals surface area contributed by atoms with Gasteiger partial charge in [-0.25, -0.2) is 0 Å². The van der Waals surface area contributed by atoms with Crippen LogP contribution in [0.3, 0.4) is 0 Å². The number of ether oxygens (including phenoxy) is 1. The van der Waals surface area contributed by atoms with Gasteiger partial charge in [-0.3, -0.25) is 4.79 Å². The van der Waals surface area contributed by atoms with Gasteiger partial charge in [-0.1, -0.05) is 47.5 Å². The highest BCUT2D eigenvalue weighted by molar-refractivity contribution is 6.35. The summed E-state index contributed by atoms with van der Waals surface area (Å²) in [6.07, 6.45) is 3.91. The van der Waals surface area contributed by atoms with Gasteiger partial charge < -0.3 is 10.1 Å². The predicted octanol–water partition coefficient (Wildman–Crippen LogP) is 4.65. The Balaban J connectivity index is 1.69. The van der Waals surface area contributed by atoms with E-state index in [-0.39, 0.29) is 11.9 Å². The fraction of sp³-hybridized carbons (Fsp3) is 0.167. The van der Waals surface area contributed by atoms with E-state index in [4.69, 9.17) is 27.9 Å². The summed E-state index contributed by atoms with van der Waals surface area (Å²) in [5, 5.41) is 4.08. The van der Waals surface area contributed by atoms with E-state index in [9.17, 15) is 4.79 Å². The molecule has 0 saturated heterocycles. The number of fused-ring (bicyclic) bond motifs is 1. The number of benzene rings is 2. The normalized spacial score (nSPS) is 16.7. The van der Waals surface area contributed by atoms with Crippen LogP contribution in [0.15, 0.2) is 48.5 Å². The van der Waals surface area contributed by atoms with Gasteiger partial charge in [0.2, 0.25) is 5.91 Å². The highest BCUT2D eigenvalue weighted by Gasteiger charge is 2.21. The minimum atomic E-state index is -0.169. The lowest BCUT2D eigenvalue weighted by molar-refractivity contribution is -0.117. The number of rotatable bonds is 3.